The Morgan fingerprint density at radius 3 is 2.21 bits per heavy atom. The highest BCUT2D eigenvalue weighted by molar-refractivity contribution is 5.97. The first-order valence-electron chi connectivity index (χ1n) is 6.31. The fourth-order valence-corrected chi connectivity index (χ4v) is 2.49. The molecule has 0 saturated carbocycles. The average Bonchev–Trinajstić information content (AvgIpc) is 2.81. The van der Waals surface area contributed by atoms with Gasteiger partial charge in [-0.1, -0.05) is 36.4 Å². The predicted molar refractivity (Wildman–Crippen MR) is 71.3 cm³/mol. The number of rotatable bonds is 3. The van der Waals surface area contributed by atoms with E-state index in [2.05, 4.69) is 12.1 Å². The van der Waals surface area contributed by atoms with Gasteiger partial charge in [0.15, 0.2) is 5.78 Å². The third-order valence-corrected chi connectivity index (χ3v) is 3.45. The first kappa shape index (κ1) is 12.1. The smallest absolute Gasteiger partial charge is 0.179 e. The summed E-state index contributed by atoms with van der Waals surface area (Å²) in [6.45, 7) is 1.78. The molecular weight excluding hydrogens is 241 g/mol. The molecule has 0 aromatic heterocycles. The summed E-state index contributed by atoms with van der Waals surface area (Å²) < 4.78 is 13.5. The predicted octanol–water partition coefficient (Wildman–Crippen LogP) is 3.02. The number of benzene rings is 2. The van der Waals surface area contributed by atoms with Gasteiger partial charge >= 0.3 is 0 Å². The van der Waals surface area contributed by atoms with Crippen molar-refractivity contribution in [1.82, 2.24) is 4.90 Å². The van der Waals surface area contributed by atoms with Gasteiger partial charge in [0.05, 0.1) is 12.1 Å². The molecule has 0 aliphatic carbocycles. The van der Waals surface area contributed by atoms with Crippen LogP contribution < -0.4 is 0 Å². The SMILES string of the molecule is O=C(CN1Cc2ccccc2C1)c1ccccc1F. The van der Waals surface area contributed by atoms with Gasteiger partial charge in [-0.2, -0.15) is 0 Å². The van der Waals surface area contributed by atoms with Crippen LogP contribution in [0.4, 0.5) is 4.39 Å². The molecule has 0 bridgehead atoms. The Morgan fingerprint density at radius 2 is 1.58 bits per heavy atom. The van der Waals surface area contributed by atoms with E-state index in [0.29, 0.717) is 0 Å². The minimum absolute atomic E-state index is 0.161. The molecule has 1 aliphatic heterocycles. The van der Waals surface area contributed by atoms with Crippen molar-refractivity contribution in [2.75, 3.05) is 6.54 Å². The van der Waals surface area contributed by atoms with Crippen LogP contribution in [0, 0.1) is 5.82 Å². The minimum atomic E-state index is -0.441. The van der Waals surface area contributed by atoms with Crippen LogP contribution in [0.25, 0.3) is 0 Å². The maximum absolute atomic E-state index is 13.5. The van der Waals surface area contributed by atoms with E-state index < -0.39 is 5.82 Å². The lowest BCUT2D eigenvalue weighted by Crippen LogP contribution is -2.25. The lowest BCUT2D eigenvalue weighted by atomic mass is 10.1. The van der Waals surface area contributed by atoms with Crippen LogP contribution in [-0.2, 0) is 13.1 Å². The van der Waals surface area contributed by atoms with Crippen LogP contribution in [0.15, 0.2) is 48.5 Å². The van der Waals surface area contributed by atoms with Gasteiger partial charge in [-0.25, -0.2) is 4.39 Å². The van der Waals surface area contributed by atoms with Crippen molar-refractivity contribution in [2.45, 2.75) is 13.1 Å². The van der Waals surface area contributed by atoms with E-state index in [9.17, 15) is 9.18 Å². The normalized spacial score (nSPS) is 14.4. The van der Waals surface area contributed by atoms with Gasteiger partial charge in [0, 0.05) is 13.1 Å². The second-order valence-electron chi connectivity index (χ2n) is 4.82. The molecule has 3 heteroatoms. The maximum Gasteiger partial charge on any atom is 0.179 e. The van der Waals surface area contributed by atoms with Crippen molar-refractivity contribution in [2.24, 2.45) is 0 Å². The molecule has 0 atom stereocenters. The third-order valence-electron chi connectivity index (χ3n) is 3.45. The number of carbonyl (C=O) groups is 1. The Bertz CT molecular complexity index is 599. The molecule has 0 radical (unpaired) electrons. The summed E-state index contributed by atoms with van der Waals surface area (Å²) in [5.74, 6) is -0.602. The monoisotopic (exact) mass is 255 g/mol. The Morgan fingerprint density at radius 1 is 1.00 bits per heavy atom. The first-order chi connectivity index (χ1) is 9.24. The topological polar surface area (TPSA) is 20.3 Å². The van der Waals surface area contributed by atoms with Crippen LogP contribution >= 0.6 is 0 Å². The van der Waals surface area contributed by atoms with E-state index in [-0.39, 0.29) is 17.9 Å². The molecule has 2 aromatic carbocycles. The van der Waals surface area contributed by atoms with Gasteiger partial charge in [-0.05, 0) is 23.3 Å². The lowest BCUT2D eigenvalue weighted by molar-refractivity contribution is 0.0925. The molecule has 3 rings (SSSR count). The highest BCUT2D eigenvalue weighted by Gasteiger charge is 2.21. The van der Waals surface area contributed by atoms with E-state index in [4.69, 9.17) is 0 Å². The van der Waals surface area contributed by atoms with Gasteiger partial charge in [0.1, 0.15) is 5.82 Å². The van der Waals surface area contributed by atoms with Crippen LogP contribution in [0.1, 0.15) is 21.5 Å². The average molecular weight is 255 g/mol. The van der Waals surface area contributed by atoms with Crippen molar-refractivity contribution >= 4 is 5.78 Å². The summed E-state index contributed by atoms with van der Waals surface area (Å²) in [5.41, 5.74) is 2.69. The Balaban J connectivity index is 1.71. The van der Waals surface area contributed by atoms with Gasteiger partial charge in [0.2, 0.25) is 0 Å². The quantitative estimate of drug-likeness (QED) is 0.786. The van der Waals surface area contributed by atoms with Crippen molar-refractivity contribution in [3.63, 3.8) is 0 Å². The van der Waals surface area contributed by atoms with Crippen molar-refractivity contribution in [3.8, 4) is 0 Å². The fraction of sp³-hybridized carbons (Fsp3) is 0.188. The van der Waals surface area contributed by atoms with Crippen LogP contribution in [0.2, 0.25) is 0 Å². The Kier molecular flexibility index (Phi) is 3.13. The fourth-order valence-electron chi connectivity index (χ4n) is 2.49. The van der Waals surface area contributed by atoms with E-state index in [0.717, 1.165) is 13.1 Å². The number of ketones is 1. The van der Waals surface area contributed by atoms with E-state index in [1.54, 1.807) is 18.2 Å². The Hall–Kier alpha value is -2.00. The summed E-state index contributed by atoms with van der Waals surface area (Å²) in [7, 11) is 0. The lowest BCUT2D eigenvalue weighted by Gasteiger charge is -2.13. The zero-order valence-electron chi connectivity index (χ0n) is 10.5. The molecule has 0 amide bonds. The first-order valence-corrected chi connectivity index (χ1v) is 6.31. The molecule has 0 spiro atoms. The second-order valence-corrected chi connectivity index (χ2v) is 4.82. The van der Waals surface area contributed by atoms with Crippen molar-refractivity contribution in [3.05, 3.63) is 71.0 Å². The maximum atomic E-state index is 13.5. The molecule has 19 heavy (non-hydrogen) atoms. The van der Waals surface area contributed by atoms with E-state index >= 15 is 0 Å². The van der Waals surface area contributed by atoms with Crippen LogP contribution in [0.3, 0.4) is 0 Å². The summed E-state index contributed by atoms with van der Waals surface area (Å²) in [4.78, 5) is 14.1. The number of carbonyl (C=O) groups excluding carboxylic acids is 1. The summed E-state index contributed by atoms with van der Waals surface area (Å²) >= 11 is 0. The Labute approximate surface area is 111 Å². The van der Waals surface area contributed by atoms with Crippen LogP contribution in [0.5, 0.6) is 0 Å². The summed E-state index contributed by atoms with van der Waals surface area (Å²) in [6.07, 6.45) is 0. The minimum Gasteiger partial charge on any atom is -0.293 e. The number of hydrogen-bond acceptors (Lipinski definition) is 2. The van der Waals surface area contributed by atoms with E-state index in [1.807, 2.05) is 17.0 Å². The zero-order chi connectivity index (χ0) is 13.2. The van der Waals surface area contributed by atoms with Gasteiger partial charge in [-0.15, -0.1) is 0 Å². The summed E-state index contributed by atoms with van der Waals surface area (Å²) in [6, 6.07) is 14.3. The molecule has 1 aliphatic rings. The molecule has 0 unspecified atom stereocenters. The molecule has 2 nitrogen and oxygen atoms in total. The van der Waals surface area contributed by atoms with Gasteiger partial charge < -0.3 is 0 Å². The number of fused-ring (bicyclic) bond motifs is 1. The highest BCUT2D eigenvalue weighted by Crippen LogP contribution is 2.22. The number of hydrogen-bond donors (Lipinski definition) is 0. The van der Waals surface area contributed by atoms with Crippen molar-refractivity contribution < 1.29 is 9.18 Å². The molecule has 0 saturated heterocycles. The third kappa shape index (κ3) is 2.42. The van der Waals surface area contributed by atoms with Crippen LogP contribution in [-0.4, -0.2) is 17.2 Å². The molecule has 1 heterocycles. The second kappa shape index (κ2) is 4.94. The number of Topliss-reactive ketones (excluding diaryl/α,β-unsaturated/α-hetero) is 1. The zero-order valence-corrected chi connectivity index (χ0v) is 10.5. The highest BCUT2D eigenvalue weighted by atomic mass is 19.1. The van der Waals surface area contributed by atoms with Gasteiger partial charge in [0.25, 0.3) is 0 Å². The molecule has 0 N–H and O–H groups in total. The molecule has 96 valence electrons. The standard InChI is InChI=1S/C16H14FNO/c17-15-8-4-3-7-14(15)16(19)11-18-9-12-5-1-2-6-13(12)10-18/h1-8H,9-11H2. The summed E-state index contributed by atoms with van der Waals surface area (Å²) in [5, 5.41) is 0. The van der Waals surface area contributed by atoms with Gasteiger partial charge in [-0.3, -0.25) is 9.69 Å². The largest absolute Gasteiger partial charge is 0.293 e. The van der Waals surface area contributed by atoms with Crippen molar-refractivity contribution in [1.29, 1.82) is 0 Å². The molecule has 2 aromatic rings. The number of nitrogens with zero attached hydrogens (tertiary/aromatic N) is 1. The number of halogens is 1. The molecular formula is C16H14FNO. The molecule has 0 fully saturated rings. The van der Waals surface area contributed by atoms with E-state index in [1.165, 1.54) is 17.2 Å².